The summed E-state index contributed by atoms with van der Waals surface area (Å²) in [6.45, 7) is 0.473. The van der Waals surface area contributed by atoms with Crippen LogP contribution in [0.1, 0.15) is 54.4 Å². The van der Waals surface area contributed by atoms with Gasteiger partial charge in [-0.1, -0.05) is 49.6 Å². The monoisotopic (exact) mass is 571 g/mol. The van der Waals surface area contributed by atoms with Gasteiger partial charge in [0.15, 0.2) is 5.75 Å². The summed E-state index contributed by atoms with van der Waals surface area (Å²) in [7, 11) is 1.38. The zero-order chi connectivity index (χ0) is 29.6. The third-order valence-corrected chi connectivity index (χ3v) is 7.77. The molecule has 0 aliphatic heterocycles. The summed E-state index contributed by atoms with van der Waals surface area (Å²) in [4.78, 5) is 40.9. The van der Waals surface area contributed by atoms with Gasteiger partial charge in [0.2, 0.25) is 0 Å². The van der Waals surface area contributed by atoms with Crippen molar-refractivity contribution in [3.63, 3.8) is 0 Å². The highest BCUT2D eigenvalue weighted by Gasteiger charge is 2.28. The fourth-order valence-electron chi connectivity index (χ4n) is 5.63. The van der Waals surface area contributed by atoms with E-state index in [0.29, 0.717) is 34.8 Å². The molecule has 2 aromatic carbocycles. The van der Waals surface area contributed by atoms with Crippen LogP contribution in [0.2, 0.25) is 0 Å². The third-order valence-electron chi connectivity index (χ3n) is 7.77. The first kappa shape index (κ1) is 28.6. The molecule has 4 aromatic rings. The minimum Gasteiger partial charge on any atom is -0.490 e. The molecule has 11 nitrogen and oxygen atoms in total. The molecule has 42 heavy (non-hydrogen) atoms. The van der Waals surface area contributed by atoms with E-state index >= 15 is 0 Å². The highest BCUT2D eigenvalue weighted by molar-refractivity contribution is 5.96. The molecule has 0 radical (unpaired) electrons. The number of hydrogen-bond acceptors (Lipinski definition) is 7. The van der Waals surface area contributed by atoms with Crippen molar-refractivity contribution in [3.05, 3.63) is 88.1 Å². The maximum Gasteiger partial charge on any atom is 0.311 e. The van der Waals surface area contributed by atoms with E-state index in [1.54, 1.807) is 28.8 Å². The lowest BCUT2D eigenvalue weighted by Crippen LogP contribution is -2.42. The average Bonchev–Trinajstić information content (AvgIpc) is 3.37. The number of methoxy groups -OCH3 is 1. The number of imidazole rings is 1. The van der Waals surface area contributed by atoms with Gasteiger partial charge in [0.1, 0.15) is 17.2 Å². The molecule has 5 rings (SSSR count). The van der Waals surface area contributed by atoms with Crippen molar-refractivity contribution in [2.45, 2.75) is 51.1 Å². The number of nitro benzene ring substituents is 1. The van der Waals surface area contributed by atoms with Crippen LogP contribution in [-0.2, 0) is 11.3 Å². The first-order chi connectivity index (χ1) is 20.3. The Hall–Kier alpha value is -4.93. The van der Waals surface area contributed by atoms with Crippen LogP contribution in [0.5, 0.6) is 5.75 Å². The molecule has 2 heterocycles. The van der Waals surface area contributed by atoms with Crippen LogP contribution in [0.15, 0.2) is 66.9 Å². The number of fused-ring (bicyclic) bond motifs is 1. The van der Waals surface area contributed by atoms with Gasteiger partial charge in [-0.2, -0.15) is 0 Å². The number of carbonyl (C=O) groups is 2. The van der Waals surface area contributed by atoms with Crippen LogP contribution >= 0.6 is 0 Å². The number of carboxylic acid groups (broad SMARTS) is 1. The molecule has 1 aliphatic carbocycles. The van der Waals surface area contributed by atoms with Gasteiger partial charge in [-0.05, 0) is 48.6 Å². The van der Waals surface area contributed by atoms with Gasteiger partial charge in [-0.15, -0.1) is 0 Å². The van der Waals surface area contributed by atoms with Crippen molar-refractivity contribution >= 4 is 29.0 Å². The Labute approximate surface area is 242 Å². The molecule has 0 saturated heterocycles. The van der Waals surface area contributed by atoms with Crippen molar-refractivity contribution in [2.75, 3.05) is 12.4 Å². The van der Waals surface area contributed by atoms with Gasteiger partial charge < -0.3 is 20.5 Å². The number of nitrogens with zero attached hydrogens (tertiary/aromatic N) is 3. The van der Waals surface area contributed by atoms with Crippen molar-refractivity contribution in [1.29, 1.82) is 0 Å². The number of aliphatic carboxylic acids is 1. The number of aromatic nitrogens is 2. The summed E-state index contributed by atoms with van der Waals surface area (Å²) in [5, 5.41) is 27.6. The topological polar surface area (TPSA) is 148 Å². The number of carboxylic acids is 1. The van der Waals surface area contributed by atoms with E-state index in [4.69, 9.17) is 9.72 Å². The first-order valence-corrected chi connectivity index (χ1v) is 14.0. The van der Waals surface area contributed by atoms with E-state index in [1.165, 1.54) is 19.2 Å². The lowest BCUT2D eigenvalue weighted by atomic mass is 9.82. The standard InChI is InChI=1S/C31H33N5O6/c1-42-26-13-12-22(16-25(26)36(40)41)29-30(32-19-20-8-4-2-5-9-20)35-15-14-23(17-27(35)34-29)31(39)33-24(18-28(37)38)21-10-6-3-7-11-21/h2,4-5,8-9,12-17,21,24,32H,3,6-7,10-11,18-19H2,1H3,(H,33,39)(H,37,38). The highest BCUT2D eigenvalue weighted by atomic mass is 16.6. The van der Waals surface area contributed by atoms with Gasteiger partial charge in [0.25, 0.3) is 5.91 Å². The first-order valence-electron chi connectivity index (χ1n) is 14.0. The molecular weight excluding hydrogens is 538 g/mol. The Morgan fingerprint density at radius 2 is 1.88 bits per heavy atom. The Kier molecular flexibility index (Phi) is 8.66. The fraction of sp³-hybridized carbons (Fsp3) is 0.323. The van der Waals surface area contributed by atoms with Gasteiger partial charge >= 0.3 is 11.7 Å². The smallest absolute Gasteiger partial charge is 0.311 e. The zero-order valence-corrected chi connectivity index (χ0v) is 23.3. The number of amides is 1. The van der Waals surface area contributed by atoms with Crippen molar-refractivity contribution in [2.24, 2.45) is 5.92 Å². The molecule has 0 bridgehead atoms. The van der Waals surface area contributed by atoms with Crippen LogP contribution in [0.25, 0.3) is 16.9 Å². The van der Waals surface area contributed by atoms with Crippen molar-refractivity contribution in [1.82, 2.24) is 14.7 Å². The number of benzene rings is 2. The van der Waals surface area contributed by atoms with Crippen molar-refractivity contribution < 1.29 is 24.4 Å². The van der Waals surface area contributed by atoms with Gasteiger partial charge in [0, 0.05) is 36.0 Å². The predicted octanol–water partition coefficient (Wildman–Crippen LogP) is 5.68. The number of pyridine rings is 1. The quantitative estimate of drug-likeness (QED) is 0.154. The molecular formula is C31H33N5O6. The number of anilines is 1. The summed E-state index contributed by atoms with van der Waals surface area (Å²) in [6.07, 6.45) is 6.57. The molecule has 11 heteroatoms. The van der Waals surface area contributed by atoms with Gasteiger partial charge in [-0.3, -0.25) is 24.1 Å². The number of hydrogen-bond donors (Lipinski definition) is 3. The second kappa shape index (κ2) is 12.7. The van der Waals surface area contributed by atoms with E-state index in [9.17, 15) is 24.8 Å². The number of nitro groups is 1. The van der Waals surface area contributed by atoms with E-state index in [1.807, 2.05) is 30.3 Å². The normalized spacial score (nSPS) is 14.3. The van der Waals surface area contributed by atoms with Crippen molar-refractivity contribution in [3.8, 4) is 17.0 Å². The molecule has 1 aliphatic rings. The van der Waals surface area contributed by atoms with E-state index in [0.717, 1.165) is 37.7 Å². The minimum absolute atomic E-state index is 0.125. The van der Waals surface area contributed by atoms with E-state index in [2.05, 4.69) is 10.6 Å². The summed E-state index contributed by atoms with van der Waals surface area (Å²) in [6, 6.07) is 17.3. The molecule has 0 spiro atoms. The predicted molar refractivity (Wildman–Crippen MR) is 158 cm³/mol. The molecule has 218 valence electrons. The van der Waals surface area contributed by atoms with Crippen LogP contribution in [-0.4, -0.2) is 44.4 Å². The number of ether oxygens (including phenoxy) is 1. The summed E-state index contributed by atoms with van der Waals surface area (Å²) >= 11 is 0. The number of nitrogens with one attached hydrogen (secondary N) is 2. The lowest BCUT2D eigenvalue weighted by molar-refractivity contribution is -0.385. The average molecular weight is 572 g/mol. The highest BCUT2D eigenvalue weighted by Crippen LogP contribution is 2.36. The Morgan fingerprint density at radius 3 is 2.57 bits per heavy atom. The fourth-order valence-corrected chi connectivity index (χ4v) is 5.63. The largest absolute Gasteiger partial charge is 0.490 e. The second-order valence-corrected chi connectivity index (χ2v) is 10.5. The Balaban J connectivity index is 1.50. The maximum absolute atomic E-state index is 13.3. The SMILES string of the molecule is COc1ccc(-c2nc3cc(C(=O)NC(CC(=O)O)C4CCCCC4)ccn3c2NCc2ccccc2)cc1[N+](=O)[O-]. The molecule has 1 unspecified atom stereocenters. The van der Waals surface area contributed by atoms with Gasteiger partial charge in [0.05, 0.1) is 18.5 Å². The molecule has 1 amide bonds. The maximum atomic E-state index is 13.3. The summed E-state index contributed by atoms with van der Waals surface area (Å²) < 4.78 is 6.96. The van der Waals surface area contributed by atoms with Crippen LogP contribution in [0.3, 0.4) is 0 Å². The number of rotatable bonds is 11. The second-order valence-electron chi connectivity index (χ2n) is 10.5. The molecule has 3 N–H and O–H groups in total. The van der Waals surface area contributed by atoms with Gasteiger partial charge in [-0.25, -0.2) is 4.98 Å². The molecule has 2 aromatic heterocycles. The molecule has 1 fully saturated rings. The Bertz CT molecular complexity index is 1600. The Morgan fingerprint density at radius 1 is 1.12 bits per heavy atom. The van der Waals surface area contributed by atoms with E-state index in [-0.39, 0.29) is 29.7 Å². The minimum atomic E-state index is -0.943. The lowest BCUT2D eigenvalue weighted by Gasteiger charge is -2.30. The summed E-state index contributed by atoms with van der Waals surface area (Å²) in [5.74, 6) is -0.440. The molecule has 1 saturated carbocycles. The molecule has 1 atom stereocenters. The van der Waals surface area contributed by atoms with E-state index < -0.39 is 16.9 Å². The number of carbonyl (C=O) groups excluding carboxylic acids is 1. The third kappa shape index (κ3) is 6.35. The van der Waals surface area contributed by atoms with Crippen LogP contribution in [0, 0.1) is 16.0 Å². The zero-order valence-electron chi connectivity index (χ0n) is 23.3. The van der Waals surface area contributed by atoms with Crippen LogP contribution < -0.4 is 15.4 Å². The van der Waals surface area contributed by atoms with Crippen LogP contribution in [0.4, 0.5) is 11.5 Å². The summed E-state index contributed by atoms with van der Waals surface area (Å²) in [5.41, 5.74) is 2.63.